The number of esters is 1. The van der Waals surface area contributed by atoms with Crippen LogP contribution in [0.1, 0.15) is 88.7 Å². The van der Waals surface area contributed by atoms with E-state index in [4.69, 9.17) is 26.5 Å². The van der Waals surface area contributed by atoms with E-state index < -0.39 is 55.1 Å². The van der Waals surface area contributed by atoms with Crippen molar-refractivity contribution in [3.8, 4) is 11.5 Å². The average Bonchev–Trinajstić information content (AvgIpc) is 3.44. The van der Waals surface area contributed by atoms with Gasteiger partial charge in [-0.05, 0) is 94.7 Å². The first kappa shape index (κ1) is 43.1. The molecule has 326 valence electrons. The number of fused-ring (bicyclic) bond motifs is 9. The molecule has 1 N–H and O–H groups in total. The molecule has 5 heterocycles. The van der Waals surface area contributed by atoms with Crippen molar-refractivity contribution in [2.45, 2.75) is 58.2 Å². The number of methoxy groups -OCH3 is 1. The summed E-state index contributed by atoms with van der Waals surface area (Å²) in [6.07, 6.45) is 4.01. The van der Waals surface area contributed by atoms with Crippen molar-refractivity contribution in [2.75, 3.05) is 41.7 Å². The zero-order valence-corrected chi connectivity index (χ0v) is 37.4. The maximum atomic E-state index is 15.5. The number of nitrogens with zero attached hydrogens (tertiary/aromatic N) is 3. The quantitative estimate of drug-likeness (QED) is 0.109. The van der Waals surface area contributed by atoms with Gasteiger partial charge in [0.25, 0.3) is 16.0 Å². The molecule has 4 aliphatic heterocycles. The Morgan fingerprint density at radius 2 is 1.37 bits per heavy atom. The maximum Gasteiger partial charge on any atom is 0.425 e. The van der Waals surface area contributed by atoms with Crippen LogP contribution in [0.4, 0.5) is 17.1 Å². The Bertz CT molecular complexity index is 3240. The van der Waals surface area contributed by atoms with Gasteiger partial charge in [0.15, 0.2) is 0 Å². The zero-order chi connectivity index (χ0) is 45.9. The predicted molar refractivity (Wildman–Crippen MR) is 237 cm³/mol. The molecule has 0 saturated heterocycles. The van der Waals surface area contributed by atoms with Gasteiger partial charge in [0.2, 0.25) is 0 Å². The summed E-state index contributed by atoms with van der Waals surface area (Å²) in [6.45, 7) is 12.0. The summed E-state index contributed by atoms with van der Waals surface area (Å²) in [5, 5.41) is 0.688. The van der Waals surface area contributed by atoms with Crippen molar-refractivity contribution in [3.63, 3.8) is 0 Å². The van der Waals surface area contributed by atoms with Crippen LogP contribution in [0, 0.1) is 6.92 Å². The van der Waals surface area contributed by atoms with Crippen molar-refractivity contribution >= 4 is 71.8 Å². The Morgan fingerprint density at radius 1 is 0.778 bits per heavy atom. The minimum atomic E-state index is -4.49. The molecule has 1 spiro atoms. The van der Waals surface area contributed by atoms with E-state index >= 15 is 4.79 Å². The molecule has 0 radical (unpaired) electrons. The molecule has 0 aliphatic carbocycles. The van der Waals surface area contributed by atoms with E-state index in [1.54, 1.807) is 29.2 Å². The van der Waals surface area contributed by atoms with Crippen LogP contribution in [0.5, 0.6) is 11.5 Å². The Labute approximate surface area is 364 Å². The van der Waals surface area contributed by atoms with E-state index in [0.717, 1.165) is 16.8 Å². The van der Waals surface area contributed by atoms with Crippen LogP contribution in [-0.2, 0) is 31.0 Å². The van der Waals surface area contributed by atoms with E-state index in [2.05, 4.69) is 24.8 Å². The van der Waals surface area contributed by atoms with E-state index in [9.17, 15) is 22.6 Å². The summed E-state index contributed by atoms with van der Waals surface area (Å²) in [4.78, 5) is 47.1. The Hall–Kier alpha value is -6.56. The standard InChI is InChI=1S/C46H43N3O9S.O3S/c1-24-14-41(50)58-38-16-28(11-12-29(24)38)49-42(51)32-15-26(43(52)56-9)10-13-33(32)46(49)34-17-30-25(2)21-44(3,4)47(7)36(30)19-39(34)57-40-20-37-31(18-35(40)46)27(23-59(53,54)55)22-45(5,6)48(37)8;1-4(2)3/h10-22H,23H2,1-9H3,(H,53,54,55);. The third-order valence-corrected chi connectivity index (χ3v) is 13.3. The Morgan fingerprint density at radius 3 is 1.97 bits per heavy atom. The average molecular weight is 894 g/mol. The number of carbonyl (C=O) groups excluding carboxylic acids is 2. The molecule has 63 heavy (non-hydrogen) atoms. The highest BCUT2D eigenvalue weighted by molar-refractivity contribution is 7.86. The number of benzene rings is 4. The molecule has 0 saturated carbocycles. The number of aryl methyl sites for hydroxylation is 1. The molecule has 5 aromatic rings. The summed E-state index contributed by atoms with van der Waals surface area (Å²) in [5.74, 6) is -0.838. The van der Waals surface area contributed by atoms with Crippen molar-refractivity contribution in [1.29, 1.82) is 0 Å². The van der Waals surface area contributed by atoms with Crippen LogP contribution >= 0.6 is 0 Å². The van der Waals surface area contributed by atoms with Gasteiger partial charge in [-0.15, -0.1) is 12.6 Å². The van der Waals surface area contributed by atoms with Gasteiger partial charge in [-0.2, -0.15) is 8.42 Å². The topological polar surface area (TPSA) is 198 Å². The normalized spacial score (nSPS) is 18.8. The summed E-state index contributed by atoms with van der Waals surface area (Å²) in [5.41, 5.74) is 4.75. The summed E-state index contributed by atoms with van der Waals surface area (Å²) in [7, 11) is -2.40. The van der Waals surface area contributed by atoms with Crippen LogP contribution in [0.3, 0.4) is 0 Å². The third-order valence-electron chi connectivity index (χ3n) is 12.6. The maximum absolute atomic E-state index is 15.5. The van der Waals surface area contributed by atoms with Gasteiger partial charge in [-0.1, -0.05) is 18.2 Å². The predicted octanol–water partition coefficient (Wildman–Crippen LogP) is 7.07. The largest absolute Gasteiger partial charge is 0.465 e. The van der Waals surface area contributed by atoms with Crippen LogP contribution in [0.2, 0.25) is 0 Å². The molecule has 1 aromatic heterocycles. The molecule has 9 rings (SSSR count). The molecule has 0 fully saturated rings. The van der Waals surface area contributed by atoms with E-state index in [-0.39, 0.29) is 22.2 Å². The van der Waals surface area contributed by atoms with Crippen LogP contribution in [0.15, 0.2) is 88.1 Å². The molecule has 15 nitrogen and oxygen atoms in total. The smallest absolute Gasteiger partial charge is 0.425 e. The number of hydrogen-bond acceptors (Lipinski definition) is 13. The van der Waals surface area contributed by atoms with Crippen molar-refractivity contribution < 1.29 is 49.1 Å². The molecule has 1 atom stereocenters. The first-order valence-electron chi connectivity index (χ1n) is 19.7. The minimum absolute atomic E-state index is 0.171. The first-order valence-corrected chi connectivity index (χ1v) is 22.3. The van der Waals surface area contributed by atoms with Gasteiger partial charge in [0.05, 0.1) is 23.8 Å². The number of ether oxygens (including phenoxy) is 2. The van der Waals surface area contributed by atoms with Crippen molar-refractivity contribution in [2.24, 2.45) is 0 Å². The highest BCUT2D eigenvalue weighted by Crippen LogP contribution is 2.62. The fourth-order valence-corrected chi connectivity index (χ4v) is 10.1. The van der Waals surface area contributed by atoms with Crippen LogP contribution < -0.4 is 25.1 Å². The Balaban J connectivity index is 0.00000131. The molecule has 17 heteroatoms. The fourth-order valence-electron chi connectivity index (χ4n) is 9.48. The summed E-state index contributed by atoms with van der Waals surface area (Å²) in [6, 6.07) is 19.4. The number of carbonyl (C=O) groups is 2. The van der Waals surface area contributed by atoms with Gasteiger partial charge >= 0.3 is 22.2 Å². The van der Waals surface area contributed by atoms with Crippen LogP contribution in [-0.4, -0.2) is 75.5 Å². The third kappa shape index (κ3) is 6.81. The molecule has 0 bridgehead atoms. The highest BCUT2D eigenvalue weighted by Gasteiger charge is 2.58. The molecule has 4 aliphatic rings. The summed E-state index contributed by atoms with van der Waals surface area (Å²) < 4.78 is 78.6. The molecular formula is C46H43N3O12S2. The fraction of sp³-hybridized carbons (Fsp3) is 0.283. The monoisotopic (exact) mass is 893 g/mol. The van der Waals surface area contributed by atoms with Crippen molar-refractivity contribution in [1.82, 2.24) is 0 Å². The van der Waals surface area contributed by atoms with Crippen molar-refractivity contribution in [3.05, 3.63) is 134 Å². The lowest BCUT2D eigenvalue weighted by Gasteiger charge is -2.47. The second-order valence-electron chi connectivity index (χ2n) is 17.2. The number of rotatable bonds is 4. The zero-order valence-electron chi connectivity index (χ0n) is 35.8. The number of hydrogen-bond donors (Lipinski definition) is 1. The van der Waals surface area contributed by atoms with Crippen LogP contribution in [0.25, 0.3) is 22.1 Å². The van der Waals surface area contributed by atoms with Gasteiger partial charge in [-0.25, -0.2) is 9.59 Å². The number of likely N-dealkylation sites (N-methyl/N-ethyl adjacent to an activating group) is 2. The van der Waals surface area contributed by atoms with Gasteiger partial charge < -0.3 is 23.7 Å². The minimum Gasteiger partial charge on any atom is -0.465 e. The van der Waals surface area contributed by atoms with Gasteiger partial charge in [0.1, 0.15) is 28.4 Å². The lowest BCUT2D eigenvalue weighted by atomic mass is 9.72. The molecular weight excluding hydrogens is 851 g/mol. The number of amides is 1. The van der Waals surface area contributed by atoms with E-state index in [1.807, 2.05) is 83.1 Å². The summed E-state index contributed by atoms with van der Waals surface area (Å²) >= 11 is 0. The lowest BCUT2D eigenvalue weighted by molar-refractivity contribution is 0.0600. The number of anilines is 3. The first-order chi connectivity index (χ1) is 29.4. The molecule has 4 aromatic carbocycles. The molecule has 1 unspecified atom stereocenters. The van der Waals surface area contributed by atoms with Gasteiger partial charge in [0, 0.05) is 94.2 Å². The van der Waals surface area contributed by atoms with E-state index in [1.165, 1.54) is 19.2 Å². The lowest BCUT2D eigenvalue weighted by Crippen LogP contribution is -2.48. The Kier molecular flexibility index (Phi) is 9.92. The second kappa shape index (κ2) is 14.5. The SMILES string of the molecule is COC(=O)c1ccc2c(c1)C(=O)N(c1ccc3c(C)cc(=O)oc3c1)C21c2cc3c(cc2Oc2cc4c(cc21)C(CS(=O)(=O)O)=CC(C)(C)N4C)N(C)C(C)(C)C=C3C.O=S(=O)=O. The second-order valence-corrected chi connectivity index (χ2v) is 19.1. The highest BCUT2D eigenvalue weighted by atomic mass is 32.2. The number of allylic oxidation sites excluding steroid dienone is 1. The van der Waals surface area contributed by atoms with E-state index in [0.29, 0.717) is 61.7 Å². The molecule has 1 amide bonds. The van der Waals surface area contributed by atoms with Gasteiger partial charge in [-0.3, -0.25) is 14.2 Å².